The van der Waals surface area contributed by atoms with Crippen LogP contribution in [0.3, 0.4) is 0 Å². The van der Waals surface area contributed by atoms with Crippen LogP contribution < -0.4 is 5.32 Å². The van der Waals surface area contributed by atoms with Crippen LogP contribution in [0.15, 0.2) is 48.1 Å². The molecule has 12 heteroatoms. The van der Waals surface area contributed by atoms with Gasteiger partial charge in [0.25, 0.3) is 5.91 Å². The Morgan fingerprint density at radius 2 is 2.00 bits per heavy atom. The lowest BCUT2D eigenvalue weighted by Crippen LogP contribution is -2.31. The SMILES string of the molecule is CC1(C)O[C@@H]2[C@H](O1)[C@@H](CN=[N+]=[N-])O[C@H]2n1cnc2c(NC(=O)c3ccccc3)ncnc21. The molecule has 32 heavy (non-hydrogen) atoms. The summed E-state index contributed by atoms with van der Waals surface area (Å²) in [6.07, 6.45) is 0.929. The molecule has 2 aliphatic heterocycles. The van der Waals surface area contributed by atoms with Gasteiger partial charge in [-0.2, -0.15) is 0 Å². The molecule has 2 fully saturated rings. The average Bonchev–Trinajstić information content (AvgIpc) is 3.44. The van der Waals surface area contributed by atoms with E-state index in [-0.39, 0.29) is 18.3 Å². The standard InChI is InChI=1S/C20H20N8O4/c1-20(2)31-14-12(8-25-27-21)30-19(15(14)32-20)28-10-24-13-16(22-9-23-17(13)28)26-18(29)11-6-4-3-5-7-11/h3-7,9-10,12,14-15,19H,8H2,1-2H3,(H,22,23,26,29)/t12-,14-,15-,19-/m1/s1. The van der Waals surface area contributed by atoms with E-state index in [0.717, 1.165) is 0 Å². The molecule has 1 aromatic carbocycles. The van der Waals surface area contributed by atoms with Crippen molar-refractivity contribution in [1.29, 1.82) is 0 Å². The minimum atomic E-state index is -0.813. The number of azide groups is 1. The molecule has 4 heterocycles. The van der Waals surface area contributed by atoms with Crippen molar-refractivity contribution in [3.05, 3.63) is 59.0 Å². The molecule has 0 aliphatic carbocycles. The molecular formula is C20H20N8O4. The Morgan fingerprint density at radius 1 is 1.22 bits per heavy atom. The third-order valence-electron chi connectivity index (χ3n) is 5.35. The zero-order valence-electron chi connectivity index (χ0n) is 17.3. The van der Waals surface area contributed by atoms with Crippen molar-refractivity contribution in [1.82, 2.24) is 19.5 Å². The Morgan fingerprint density at radius 3 is 2.78 bits per heavy atom. The summed E-state index contributed by atoms with van der Waals surface area (Å²) in [6.45, 7) is 3.74. The summed E-state index contributed by atoms with van der Waals surface area (Å²) in [5.74, 6) is -0.834. The van der Waals surface area contributed by atoms with E-state index in [4.69, 9.17) is 19.7 Å². The van der Waals surface area contributed by atoms with Gasteiger partial charge in [-0.3, -0.25) is 9.36 Å². The second-order valence-electron chi connectivity index (χ2n) is 7.91. The summed E-state index contributed by atoms with van der Waals surface area (Å²) >= 11 is 0. The molecule has 5 rings (SSSR count). The average molecular weight is 436 g/mol. The van der Waals surface area contributed by atoms with E-state index in [1.807, 2.05) is 19.9 Å². The molecule has 2 aliphatic rings. The summed E-state index contributed by atoms with van der Waals surface area (Å²) in [5.41, 5.74) is 10.1. The zero-order valence-corrected chi connectivity index (χ0v) is 17.3. The van der Waals surface area contributed by atoms with Crippen LogP contribution in [0.5, 0.6) is 0 Å². The number of benzene rings is 1. The molecule has 1 N–H and O–H groups in total. The van der Waals surface area contributed by atoms with E-state index in [9.17, 15) is 4.79 Å². The highest BCUT2D eigenvalue weighted by Crippen LogP contribution is 2.44. The van der Waals surface area contributed by atoms with E-state index < -0.39 is 30.3 Å². The Hall–Kier alpha value is -3.57. The molecule has 3 aromatic rings. The molecule has 12 nitrogen and oxygen atoms in total. The molecule has 0 saturated carbocycles. The van der Waals surface area contributed by atoms with Crippen LogP contribution in [0.2, 0.25) is 0 Å². The van der Waals surface area contributed by atoms with Crippen LogP contribution in [0, 0.1) is 0 Å². The summed E-state index contributed by atoms with van der Waals surface area (Å²) in [4.78, 5) is 28.3. The highest BCUT2D eigenvalue weighted by molar-refractivity contribution is 6.06. The van der Waals surface area contributed by atoms with Gasteiger partial charge in [0.05, 0.1) is 19.0 Å². The molecule has 4 atom stereocenters. The number of rotatable bonds is 5. The van der Waals surface area contributed by atoms with Crippen LogP contribution in [0.1, 0.15) is 30.4 Å². The van der Waals surface area contributed by atoms with Crippen LogP contribution in [0.25, 0.3) is 21.6 Å². The first-order chi connectivity index (χ1) is 15.5. The number of ether oxygens (including phenoxy) is 3. The lowest BCUT2D eigenvalue weighted by atomic mass is 10.1. The summed E-state index contributed by atoms with van der Waals surface area (Å²) in [7, 11) is 0. The van der Waals surface area contributed by atoms with Gasteiger partial charge in [0, 0.05) is 10.5 Å². The Labute approximate surface area is 182 Å². The molecule has 0 bridgehead atoms. The topological polar surface area (TPSA) is 149 Å². The third-order valence-corrected chi connectivity index (χ3v) is 5.35. The molecule has 0 unspecified atom stereocenters. The summed E-state index contributed by atoms with van der Waals surface area (Å²) in [5, 5.41) is 6.42. The highest BCUT2D eigenvalue weighted by Gasteiger charge is 2.55. The first-order valence-electron chi connectivity index (χ1n) is 10.0. The minimum Gasteiger partial charge on any atom is -0.349 e. The van der Waals surface area contributed by atoms with Crippen LogP contribution in [-0.2, 0) is 14.2 Å². The summed E-state index contributed by atoms with van der Waals surface area (Å²) < 4.78 is 19.9. The quantitative estimate of drug-likeness (QED) is 0.367. The number of amides is 1. The Kier molecular flexibility index (Phi) is 4.98. The predicted molar refractivity (Wildman–Crippen MR) is 111 cm³/mol. The second-order valence-corrected chi connectivity index (χ2v) is 7.91. The number of carbonyl (C=O) groups is 1. The smallest absolute Gasteiger partial charge is 0.256 e. The van der Waals surface area contributed by atoms with Crippen LogP contribution in [-0.4, -0.2) is 56.1 Å². The molecule has 1 amide bonds. The lowest BCUT2D eigenvalue weighted by Gasteiger charge is -2.24. The van der Waals surface area contributed by atoms with Gasteiger partial charge < -0.3 is 19.5 Å². The Bertz CT molecular complexity index is 1210. The first-order valence-corrected chi connectivity index (χ1v) is 10.0. The van der Waals surface area contributed by atoms with Gasteiger partial charge in [-0.25, -0.2) is 15.0 Å². The number of imidazole rings is 1. The van der Waals surface area contributed by atoms with Gasteiger partial charge in [0.15, 0.2) is 29.0 Å². The van der Waals surface area contributed by atoms with E-state index in [1.54, 1.807) is 35.2 Å². The van der Waals surface area contributed by atoms with Crippen molar-refractivity contribution in [2.45, 2.75) is 44.2 Å². The molecule has 164 valence electrons. The molecular weight excluding hydrogens is 416 g/mol. The monoisotopic (exact) mass is 436 g/mol. The number of hydrogen-bond donors (Lipinski definition) is 1. The van der Waals surface area contributed by atoms with Gasteiger partial charge in [-0.05, 0) is 31.5 Å². The van der Waals surface area contributed by atoms with Gasteiger partial charge >= 0.3 is 0 Å². The van der Waals surface area contributed by atoms with Crippen molar-refractivity contribution in [3.63, 3.8) is 0 Å². The highest BCUT2D eigenvalue weighted by atomic mass is 16.8. The fourth-order valence-electron chi connectivity index (χ4n) is 4.05. The number of hydrogen-bond acceptors (Lipinski definition) is 8. The van der Waals surface area contributed by atoms with Crippen LogP contribution in [0.4, 0.5) is 5.82 Å². The number of aromatic nitrogens is 4. The number of nitrogens with zero attached hydrogens (tertiary/aromatic N) is 7. The predicted octanol–water partition coefficient (Wildman–Crippen LogP) is 2.81. The molecule has 0 spiro atoms. The normalized spacial score (nSPS) is 25.9. The summed E-state index contributed by atoms with van der Waals surface area (Å²) in [6, 6.07) is 8.82. The fraction of sp³-hybridized carbons (Fsp3) is 0.400. The van der Waals surface area contributed by atoms with Gasteiger partial charge in [-0.15, -0.1) is 0 Å². The first kappa shape index (κ1) is 20.3. The number of fused-ring (bicyclic) bond motifs is 2. The second kappa shape index (κ2) is 7.84. The minimum absolute atomic E-state index is 0.105. The van der Waals surface area contributed by atoms with E-state index in [1.165, 1.54) is 6.33 Å². The van der Waals surface area contributed by atoms with Crippen molar-refractivity contribution in [2.24, 2.45) is 5.11 Å². The van der Waals surface area contributed by atoms with Crippen molar-refractivity contribution < 1.29 is 19.0 Å². The maximum atomic E-state index is 12.6. The Balaban J connectivity index is 1.47. The van der Waals surface area contributed by atoms with Gasteiger partial charge in [0.1, 0.15) is 18.5 Å². The third kappa shape index (κ3) is 3.55. The maximum Gasteiger partial charge on any atom is 0.256 e. The maximum absolute atomic E-state index is 12.6. The fourth-order valence-corrected chi connectivity index (χ4v) is 4.05. The van der Waals surface area contributed by atoms with E-state index >= 15 is 0 Å². The lowest BCUT2D eigenvalue weighted by molar-refractivity contribution is -0.195. The van der Waals surface area contributed by atoms with Gasteiger partial charge in [0.2, 0.25) is 0 Å². The van der Waals surface area contributed by atoms with E-state index in [0.29, 0.717) is 16.7 Å². The molecule has 2 aromatic heterocycles. The molecule has 2 saturated heterocycles. The van der Waals surface area contributed by atoms with E-state index in [2.05, 4.69) is 30.3 Å². The largest absolute Gasteiger partial charge is 0.349 e. The number of carbonyl (C=O) groups excluding carboxylic acids is 1. The van der Waals surface area contributed by atoms with Gasteiger partial charge in [-0.1, -0.05) is 23.3 Å². The molecule has 0 radical (unpaired) electrons. The van der Waals surface area contributed by atoms with Crippen LogP contribution >= 0.6 is 0 Å². The number of anilines is 1. The van der Waals surface area contributed by atoms with Crippen molar-refractivity contribution in [3.8, 4) is 0 Å². The zero-order chi connectivity index (χ0) is 22.3. The number of nitrogens with one attached hydrogen (secondary N) is 1. The van der Waals surface area contributed by atoms with Crippen molar-refractivity contribution >= 4 is 22.9 Å². The van der Waals surface area contributed by atoms with Crippen molar-refractivity contribution in [2.75, 3.05) is 11.9 Å².